The summed E-state index contributed by atoms with van der Waals surface area (Å²) in [7, 11) is 1.37. The molecule has 0 unspecified atom stereocenters. The minimum Gasteiger partial charge on any atom is -0.504 e. The Bertz CT molecular complexity index is 551. The quantitative estimate of drug-likeness (QED) is 0.472. The molecule has 9 heteroatoms. The van der Waals surface area contributed by atoms with Crippen molar-refractivity contribution in [1.29, 1.82) is 0 Å². The van der Waals surface area contributed by atoms with Gasteiger partial charge in [0, 0.05) is 37.8 Å². The predicted octanol–water partition coefficient (Wildman–Crippen LogP) is 2.28. The molecule has 7 nitrogen and oxygen atoms in total. The summed E-state index contributed by atoms with van der Waals surface area (Å²) >= 11 is 0. The van der Waals surface area contributed by atoms with Crippen LogP contribution in [0.3, 0.4) is 0 Å². The zero-order valence-electron chi connectivity index (χ0n) is 12.7. The number of aromatic hydroxyl groups is 1. The third-order valence-electron chi connectivity index (χ3n) is 3.61. The Labute approximate surface area is 147 Å². The van der Waals surface area contributed by atoms with E-state index in [0.29, 0.717) is 5.56 Å². The first-order chi connectivity index (χ1) is 10.1. The maximum atomic E-state index is 11.0. The molecule has 0 saturated carbocycles. The first-order valence-electron chi connectivity index (χ1n) is 6.71. The Morgan fingerprint density at radius 3 is 2.52 bits per heavy atom. The van der Waals surface area contributed by atoms with Crippen LogP contribution >= 0.6 is 24.8 Å². The van der Waals surface area contributed by atoms with Crippen LogP contribution in [0.5, 0.6) is 11.5 Å². The van der Waals surface area contributed by atoms with Crippen LogP contribution in [0.2, 0.25) is 0 Å². The maximum absolute atomic E-state index is 11.0. The summed E-state index contributed by atoms with van der Waals surface area (Å²) in [6, 6.07) is 2.31. The number of hydrogen-bond donors (Lipinski definition) is 2. The summed E-state index contributed by atoms with van der Waals surface area (Å²) in [5.41, 5.74) is 0.333. The van der Waals surface area contributed by atoms with Crippen LogP contribution in [0.15, 0.2) is 24.8 Å². The number of rotatable bonds is 5. The lowest BCUT2D eigenvalue weighted by atomic mass is 10.0. The van der Waals surface area contributed by atoms with Crippen LogP contribution in [0, 0.1) is 10.1 Å². The molecule has 1 aliphatic heterocycles. The fourth-order valence-electron chi connectivity index (χ4n) is 2.53. The second-order valence-corrected chi connectivity index (χ2v) is 4.81. The number of nitrogens with one attached hydrogen (secondary N) is 1. The van der Waals surface area contributed by atoms with Crippen LogP contribution in [0.4, 0.5) is 5.69 Å². The SMILES string of the molecule is C=C[C@@H](c1cc([N+](=O)[O-])cc(OC)c1O)N1CCNCC1.Cl.Cl. The number of benzene rings is 1. The topological polar surface area (TPSA) is 87.9 Å². The molecule has 130 valence electrons. The van der Waals surface area contributed by atoms with Gasteiger partial charge in [-0.25, -0.2) is 0 Å². The molecule has 2 N–H and O–H groups in total. The van der Waals surface area contributed by atoms with E-state index in [1.807, 2.05) is 0 Å². The molecule has 1 saturated heterocycles. The average molecular weight is 366 g/mol. The molecule has 0 radical (unpaired) electrons. The molecule has 1 fully saturated rings. The monoisotopic (exact) mass is 365 g/mol. The van der Waals surface area contributed by atoms with Gasteiger partial charge in [-0.05, 0) is 0 Å². The highest BCUT2D eigenvalue weighted by atomic mass is 35.5. The fourth-order valence-corrected chi connectivity index (χ4v) is 2.53. The van der Waals surface area contributed by atoms with Crippen LogP contribution < -0.4 is 10.1 Å². The van der Waals surface area contributed by atoms with Gasteiger partial charge in [0.2, 0.25) is 0 Å². The number of halogens is 2. The Hall–Kier alpha value is -1.54. The van der Waals surface area contributed by atoms with Crippen LogP contribution in [-0.4, -0.2) is 48.2 Å². The van der Waals surface area contributed by atoms with Crippen molar-refractivity contribution in [2.75, 3.05) is 33.3 Å². The van der Waals surface area contributed by atoms with Gasteiger partial charge in [-0.3, -0.25) is 15.0 Å². The first kappa shape index (κ1) is 21.5. The number of nitrogens with zero attached hydrogens (tertiary/aromatic N) is 2. The van der Waals surface area contributed by atoms with Crippen molar-refractivity contribution in [3.63, 3.8) is 0 Å². The number of non-ortho nitro benzene ring substituents is 1. The Balaban J connectivity index is 0.00000242. The molecule has 1 heterocycles. The van der Waals surface area contributed by atoms with E-state index >= 15 is 0 Å². The number of nitro groups is 1. The fraction of sp³-hybridized carbons (Fsp3) is 0.429. The van der Waals surface area contributed by atoms with Crippen molar-refractivity contribution in [3.05, 3.63) is 40.5 Å². The molecule has 0 amide bonds. The van der Waals surface area contributed by atoms with Gasteiger partial charge in [-0.1, -0.05) is 6.08 Å². The largest absolute Gasteiger partial charge is 0.504 e. The molecule has 1 aliphatic rings. The second kappa shape index (κ2) is 9.57. The highest BCUT2D eigenvalue weighted by molar-refractivity contribution is 5.85. The highest BCUT2D eigenvalue weighted by Gasteiger charge is 2.26. The second-order valence-electron chi connectivity index (χ2n) is 4.81. The highest BCUT2D eigenvalue weighted by Crippen LogP contribution is 2.40. The van der Waals surface area contributed by atoms with Gasteiger partial charge in [0.15, 0.2) is 11.5 Å². The molecule has 1 aromatic rings. The van der Waals surface area contributed by atoms with Gasteiger partial charge < -0.3 is 15.2 Å². The zero-order chi connectivity index (χ0) is 15.4. The summed E-state index contributed by atoms with van der Waals surface area (Å²) in [5.74, 6) is 0.0210. The van der Waals surface area contributed by atoms with Crippen molar-refractivity contribution < 1.29 is 14.8 Å². The number of phenolic OH excluding ortho intramolecular Hbond substituents is 1. The number of methoxy groups -OCH3 is 1. The van der Waals surface area contributed by atoms with E-state index in [9.17, 15) is 15.2 Å². The summed E-state index contributed by atoms with van der Waals surface area (Å²) in [5, 5.41) is 24.6. The predicted molar refractivity (Wildman–Crippen MR) is 93.2 cm³/mol. The number of nitro benzene ring substituents is 1. The van der Waals surface area contributed by atoms with E-state index in [-0.39, 0.29) is 48.0 Å². The lowest BCUT2D eigenvalue weighted by molar-refractivity contribution is -0.385. The Kier molecular flexibility index (Phi) is 8.93. The molecule has 0 bridgehead atoms. The van der Waals surface area contributed by atoms with Crippen molar-refractivity contribution >= 4 is 30.5 Å². The minimum absolute atomic E-state index is 0. The van der Waals surface area contributed by atoms with Gasteiger partial charge in [-0.2, -0.15) is 0 Å². The number of piperazine rings is 1. The van der Waals surface area contributed by atoms with Crippen LogP contribution in [0.1, 0.15) is 11.6 Å². The van der Waals surface area contributed by atoms with Crippen LogP contribution in [0.25, 0.3) is 0 Å². The molecule has 0 spiro atoms. The molecular formula is C14H21Cl2N3O4. The van der Waals surface area contributed by atoms with Gasteiger partial charge >= 0.3 is 0 Å². The third-order valence-corrected chi connectivity index (χ3v) is 3.61. The van der Waals surface area contributed by atoms with E-state index < -0.39 is 4.92 Å². The van der Waals surface area contributed by atoms with E-state index in [1.165, 1.54) is 19.2 Å². The average Bonchev–Trinajstić information content (AvgIpc) is 2.50. The Morgan fingerprint density at radius 1 is 1.43 bits per heavy atom. The van der Waals surface area contributed by atoms with Gasteiger partial charge in [0.05, 0.1) is 24.1 Å². The molecular weight excluding hydrogens is 345 g/mol. The minimum atomic E-state index is -0.497. The number of phenols is 1. The summed E-state index contributed by atoms with van der Waals surface area (Å²) < 4.78 is 5.04. The molecule has 1 aromatic carbocycles. The molecule has 2 rings (SSSR count). The van der Waals surface area contributed by atoms with E-state index in [4.69, 9.17) is 4.74 Å². The molecule has 0 aromatic heterocycles. The number of ether oxygens (including phenoxy) is 1. The lowest BCUT2D eigenvalue weighted by Gasteiger charge is -2.33. The Morgan fingerprint density at radius 2 is 2.04 bits per heavy atom. The van der Waals surface area contributed by atoms with E-state index in [2.05, 4.69) is 16.8 Å². The van der Waals surface area contributed by atoms with Gasteiger partial charge in [-0.15, -0.1) is 31.4 Å². The molecule has 0 aliphatic carbocycles. The first-order valence-corrected chi connectivity index (χ1v) is 6.71. The molecule has 1 atom stereocenters. The van der Waals surface area contributed by atoms with Crippen molar-refractivity contribution in [2.24, 2.45) is 0 Å². The van der Waals surface area contributed by atoms with Gasteiger partial charge in [0.25, 0.3) is 5.69 Å². The summed E-state index contributed by atoms with van der Waals surface area (Å²) in [6.45, 7) is 7.02. The van der Waals surface area contributed by atoms with Crippen molar-refractivity contribution in [2.45, 2.75) is 6.04 Å². The van der Waals surface area contributed by atoms with Crippen LogP contribution in [-0.2, 0) is 0 Å². The van der Waals surface area contributed by atoms with E-state index in [1.54, 1.807) is 6.08 Å². The zero-order valence-corrected chi connectivity index (χ0v) is 14.4. The molecule has 23 heavy (non-hydrogen) atoms. The summed E-state index contributed by atoms with van der Waals surface area (Å²) in [6.07, 6.45) is 1.68. The summed E-state index contributed by atoms with van der Waals surface area (Å²) in [4.78, 5) is 12.7. The smallest absolute Gasteiger partial charge is 0.273 e. The van der Waals surface area contributed by atoms with Gasteiger partial charge in [0.1, 0.15) is 0 Å². The third kappa shape index (κ3) is 4.71. The normalized spacial score (nSPS) is 15.7. The lowest BCUT2D eigenvalue weighted by Crippen LogP contribution is -2.44. The van der Waals surface area contributed by atoms with Crippen molar-refractivity contribution in [1.82, 2.24) is 10.2 Å². The number of hydrogen-bond acceptors (Lipinski definition) is 6. The van der Waals surface area contributed by atoms with Crippen molar-refractivity contribution in [3.8, 4) is 11.5 Å². The maximum Gasteiger partial charge on any atom is 0.273 e. The van der Waals surface area contributed by atoms with E-state index in [0.717, 1.165) is 26.2 Å². The standard InChI is InChI=1S/C14H19N3O4.2ClH/c1-3-12(16-6-4-15-5-7-16)11-8-10(17(19)20)9-13(21-2)14(11)18;;/h3,8-9,12,15,18H,1,4-7H2,2H3;2*1H/t12-;;/m0../s1.